The van der Waals surface area contributed by atoms with E-state index in [4.69, 9.17) is 19.9 Å². The van der Waals surface area contributed by atoms with Crippen molar-refractivity contribution in [3.8, 4) is 5.75 Å². The molecular weight excluding hydrogens is 633 g/mol. The summed E-state index contributed by atoms with van der Waals surface area (Å²) < 4.78 is 59.5. The van der Waals surface area contributed by atoms with E-state index < -0.39 is 29.4 Å². The van der Waals surface area contributed by atoms with Gasteiger partial charge in [0.2, 0.25) is 0 Å². The van der Waals surface area contributed by atoms with Crippen LogP contribution in [0, 0.1) is 17.5 Å². The largest absolute Gasteiger partial charge is 0.494 e. The number of hydrogen-bond donors (Lipinski definition) is 2. The Labute approximate surface area is 284 Å². The first kappa shape index (κ1) is 35.8. The Morgan fingerprint density at radius 1 is 0.878 bits per heavy atom. The SMILES string of the molecule is N[C@H](C(=O)Cc1cccc(F)c1CC[C@@H]1CN[C@H](COC(=O)CCCOc2ccccc2)CO1)C(c1ccc(F)cc1)c1ccc(F)cc1. The van der Waals surface area contributed by atoms with Gasteiger partial charge in [0, 0.05) is 25.3 Å². The Kier molecular flexibility index (Phi) is 13.0. The second-order valence-electron chi connectivity index (χ2n) is 12.2. The molecule has 10 heteroatoms. The van der Waals surface area contributed by atoms with Crippen molar-refractivity contribution in [1.29, 1.82) is 0 Å². The molecule has 0 spiro atoms. The summed E-state index contributed by atoms with van der Waals surface area (Å²) in [6, 6.07) is 24.2. The minimum atomic E-state index is -1.05. The number of carbonyl (C=O) groups excluding carboxylic acids is 2. The number of nitrogens with two attached hydrogens (primary N) is 1. The zero-order chi connectivity index (χ0) is 34.6. The van der Waals surface area contributed by atoms with Crippen LogP contribution in [0.2, 0.25) is 0 Å². The molecule has 4 aromatic carbocycles. The van der Waals surface area contributed by atoms with Gasteiger partial charge in [-0.05, 0) is 84.0 Å². The third-order valence-corrected chi connectivity index (χ3v) is 8.64. The Balaban J connectivity index is 1.10. The number of esters is 1. The summed E-state index contributed by atoms with van der Waals surface area (Å²) in [6.07, 6.45) is 1.32. The van der Waals surface area contributed by atoms with Crippen molar-refractivity contribution in [3.63, 3.8) is 0 Å². The number of rotatable bonds is 16. The van der Waals surface area contributed by atoms with Crippen molar-refractivity contribution in [2.45, 2.75) is 56.2 Å². The fourth-order valence-electron chi connectivity index (χ4n) is 5.94. The van der Waals surface area contributed by atoms with Crippen molar-refractivity contribution < 1.29 is 37.0 Å². The number of carbonyl (C=O) groups is 2. The van der Waals surface area contributed by atoms with Crippen molar-refractivity contribution in [2.24, 2.45) is 5.73 Å². The van der Waals surface area contributed by atoms with Crippen LogP contribution < -0.4 is 15.8 Å². The third kappa shape index (κ3) is 10.5. The third-order valence-electron chi connectivity index (χ3n) is 8.64. The van der Waals surface area contributed by atoms with Gasteiger partial charge in [-0.25, -0.2) is 13.2 Å². The van der Waals surface area contributed by atoms with Crippen LogP contribution in [0.25, 0.3) is 0 Å². The van der Waals surface area contributed by atoms with E-state index in [1.54, 1.807) is 36.4 Å². The monoisotopic (exact) mass is 674 g/mol. The highest BCUT2D eigenvalue weighted by Crippen LogP contribution is 2.30. The van der Waals surface area contributed by atoms with Crippen LogP contribution in [0.1, 0.15) is 47.4 Å². The molecular formula is C39H41F3N2O5. The predicted octanol–water partition coefficient (Wildman–Crippen LogP) is 6.07. The summed E-state index contributed by atoms with van der Waals surface area (Å²) in [7, 11) is 0. The lowest BCUT2D eigenvalue weighted by Crippen LogP contribution is -2.49. The minimum Gasteiger partial charge on any atom is -0.494 e. The maximum absolute atomic E-state index is 15.1. The standard InChI is InChI=1S/C39H41F3N2O5/c40-29-15-11-26(12-16-29)38(27-13-17-30(41)18-14-27)39(43)36(45)22-28-6-4-9-35(42)34(28)20-19-33-23-44-31(24-48-33)25-49-37(46)10-5-21-47-32-7-2-1-3-8-32/h1-4,6-9,11-18,31,33,38-39,44H,5,10,19-25,43H2/t31-,33+,39+/m0/s1. The molecule has 0 aromatic heterocycles. The van der Waals surface area contributed by atoms with Crippen molar-refractivity contribution in [2.75, 3.05) is 26.4 Å². The van der Waals surface area contributed by atoms with Crippen molar-refractivity contribution in [3.05, 3.63) is 137 Å². The Morgan fingerprint density at radius 3 is 2.18 bits per heavy atom. The maximum atomic E-state index is 15.1. The lowest BCUT2D eigenvalue weighted by Gasteiger charge is -2.30. The Morgan fingerprint density at radius 2 is 1.55 bits per heavy atom. The van der Waals surface area contributed by atoms with Crippen LogP contribution in [0.3, 0.4) is 0 Å². The highest BCUT2D eigenvalue weighted by Gasteiger charge is 2.29. The van der Waals surface area contributed by atoms with Crippen molar-refractivity contribution >= 4 is 11.8 Å². The summed E-state index contributed by atoms with van der Waals surface area (Å²) in [5, 5.41) is 3.34. The van der Waals surface area contributed by atoms with Gasteiger partial charge in [-0.2, -0.15) is 0 Å². The van der Waals surface area contributed by atoms with E-state index >= 15 is 4.39 Å². The molecule has 0 unspecified atom stereocenters. The van der Waals surface area contributed by atoms with Gasteiger partial charge in [-0.3, -0.25) is 9.59 Å². The normalized spacial score (nSPS) is 16.7. The smallest absolute Gasteiger partial charge is 0.305 e. The number of ketones is 1. The van der Waals surface area contributed by atoms with Crippen LogP contribution in [0.4, 0.5) is 13.2 Å². The molecule has 5 rings (SSSR count). The van der Waals surface area contributed by atoms with E-state index in [-0.39, 0.29) is 43.3 Å². The van der Waals surface area contributed by atoms with Gasteiger partial charge < -0.3 is 25.3 Å². The molecule has 3 N–H and O–H groups in total. The summed E-state index contributed by atoms with van der Waals surface area (Å²) in [6.45, 7) is 1.43. The van der Waals surface area contributed by atoms with E-state index in [1.165, 1.54) is 30.3 Å². The van der Waals surface area contributed by atoms with Crippen LogP contribution in [-0.2, 0) is 31.9 Å². The molecule has 7 nitrogen and oxygen atoms in total. The number of nitrogens with one attached hydrogen (secondary N) is 1. The van der Waals surface area contributed by atoms with Gasteiger partial charge in [-0.1, -0.05) is 54.6 Å². The highest BCUT2D eigenvalue weighted by molar-refractivity contribution is 5.87. The minimum absolute atomic E-state index is 0.108. The number of halogens is 3. The first-order chi connectivity index (χ1) is 23.8. The fraction of sp³-hybridized carbons (Fsp3) is 0.333. The lowest BCUT2D eigenvalue weighted by molar-refractivity contribution is -0.146. The van der Waals surface area contributed by atoms with E-state index in [0.717, 1.165) is 5.75 Å². The predicted molar refractivity (Wildman–Crippen MR) is 180 cm³/mol. The molecule has 1 aliphatic rings. The van der Waals surface area contributed by atoms with E-state index in [1.807, 2.05) is 30.3 Å². The first-order valence-corrected chi connectivity index (χ1v) is 16.5. The number of benzene rings is 4. The molecule has 0 aliphatic carbocycles. The van der Waals surface area contributed by atoms with Gasteiger partial charge in [0.25, 0.3) is 0 Å². The molecule has 0 saturated carbocycles. The average molecular weight is 675 g/mol. The van der Waals surface area contributed by atoms with Gasteiger partial charge in [-0.15, -0.1) is 0 Å². The summed E-state index contributed by atoms with van der Waals surface area (Å²) in [4.78, 5) is 25.8. The Hall–Kier alpha value is -4.51. The molecule has 1 aliphatic heterocycles. The molecule has 0 amide bonds. The van der Waals surface area contributed by atoms with E-state index in [2.05, 4.69) is 5.32 Å². The Bertz CT molecular complexity index is 1600. The van der Waals surface area contributed by atoms with Gasteiger partial charge in [0.05, 0.1) is 31.4 Å². The zero-order valence-corrected chi connectivity index (χ0v) is 27.2. The summed E-state index contributed by atoms with van der Waals surface area (Å²) in [5.41, 5.74) is 8.70. The fourth-order valence-corrected chi connectivity index (χ4v) is 5.94. The molecule has 4 aromatic rings. The lowest BCUT2D eigenvalue weighted by atomic mass is 9.82. The molecule has 1 fully saturated rings. The topological polar surface area (TPSA) is 99.9 Å². The van der Waals surface area contributed by atoms with Crippen LogP contribution in [0.5, 0.6) is 5.75 Å². The molecule has 1 saturated heterocycles. The summed E-state index contributed by atoms with van der Waals surface area (Å²) >= 11 is 0. The van der Waals surface area contributed by atoms with Crippen molar-refractivity contribution in [1.82, 2.24) is 5.32 Å². The molecule has 1 heterocycles. The number of hydrogen-bond acceptors (Lipinski definition) is 7. The molecule has 3 atom stereocenters. The second kappa shape index (κ2) is 17.8. The first-order valence-electron chi connectivity index (χ1n) is 16.5. The van der Waals surface area contributed by atoms with Crippen LogP contribution in [0.15, 0.2) is 97.1 Å². The highest BCUT2D eigenvalue weighted by atomic mass is 19.1. The van der Waals surface area contributed by atoms with Gasteiger partial charge in [0.1, 0.15) is 29.8 Å². The molecule has 0 radical (unpaired) electrons. The summed E-state index contributed by atoms with van der Waals surface area (Å²) in [5.74, 6) is -1.82. The second-order valence-corrected chi connectivity index (χ2v) is 12.2. The van der Waals surface area contributed by atoms with Gasteiger partial charge >= 0.3 is 5.97 Å². The molecule has 49 heavy (non-hydrogen) atoms. The maximum Gasteiger partial charge on any atom is 0.305 e. The van der Waals surface area contributed by atoms with Crippen LogP contribution in [-0.4, -0.2) is 56.3 Å². The number of Topliss-reactive ketones (excluding diaryl/α,β-unsaturated/α-hetero) is 1. The van der Waals surface area contributed by atoms with Crippen LogP contribution >= 0.6 is 0 Å². The van der Waals surface area contributed by atoms with E-state index in [0.29, 0.717) is 61.3 Å². The number of ether oxygens (including phenoxy) is 3. The number of para-hydroxylation sites is 1. The molecule has 258 valence electrons. The molecule has 0 bridgehead atoms. The quantitative estimate of drug-likeness (QED) is 0.110. The number of morpholine rings is 1. The van der Waals surface area contributed by atoms with E-state index in [9.17, 15) is 18.4 Å². The van der Waals surface area contributed by atoms with Gasteiger partial charge in [0.15, 0.2) is 5.78 Å². The average Bonchev–Trinajstić information content (AvgIpc) is 3.11. The zero-order valence-electron chi connectivity index (χ0n) is 27.2.